The van der Waals surface area contributed by atoms with E-state index in [0.29, 0.717) is 5.89 Å². The normalized spacial score (nSPS) is 24.3. The fourth-order valence-corrected chi connectivity index (χ4v) is 3.05. The summed E-state index contributed by atoms with van der Waals surface area (Å²) in [5, 5.41) is 10.0. The SMILES string of the molecule is CC(CN1CCCC1)NC(=O)c1noc(C2CCCN2)n1. The summed E-state index contributed by atoms with van der Waals surface area (Å²) in [4.78, 5) is 18.7. The van der Waals surface area contributed by atoms with Gasteiger partial charge in [0.1, 0.15) is 0 Å². The highest BCUT2D eigenvalue weighted by atomic mass is 16.5. The molecule has 21 heavy (non-hydrogen) atoms. The molecular formula is C14H23N5O2. The van der Waals surface area contributed by atoms with Gasteiger partial charge < -0.3 is 20.1 Å². The molecule has 3 rings (SSSR count). The Kier molecular flexibility index (Phi) is 4.50. The molecule has 7 heteroatoms. The molecule has 0 radical (unpaired) electrons. The summed E-state index contributed by atoms with van der Waals surface area (Å²) in [6, 6.07) is 0.184. The Morgan fingerprint density at radius 3 is 3.00 bits per heavy atom. The molecule has 2 saturated heterocycles. The summed E-state index contributed by atoms with van der Waals surface area (Å²) in [6.07, 6.45) is 4.59. The lowest BCUT2D eigenvalue weighted by Gasteiger charge is -2.20. The topological polar surface area (TPSA) is 83.3 Å². The Morgan fingerprint density at radius 1 is 1.48 bits per heavy atom. The number of hydrogen-bond acceptors (Lipinski definition) is 6. The van der Waals surface area contributed by atoms with Gasteiger partial charge in [-0.25, -0.2) is 0 Å². The van der Waals surface area contributed by atoms with Crippen LogP contribution in [0.15, 0.2) is 4.52 Å². The molecule has 1 amide bonds. The van der Waals surface area contributed by atoms with Crippen LogP contribution in [0.4, 0.5) is 0 Å². The van der Waals surface area contributed by atoms with Crippen molar-refractivity contribution in [3.63, 3.8) is 0 Å². The molecule has 0 saturated carbocycles. The van der Waals surface area contributed by atoms with Gasteiger partial charge in [-0.1, -0.05) is 5.16 Å². The van der Waals surface area contributed by atoms with Crippen LogP contribution >= 0.6 is 0 Å². The molecule has 0 spiro atoms. The van der Waals surface area contributed by atoms with Crippen LogP contribution in [-0.4, -0.2) is 53.2 Å². The predicted octanol–water partition coefficient (Wildman–Crippen LogP) is 0.708. The van der Waals surface area contributed by atoms with Crippen LogP contribution in [0.5, 0.6) is 0 Å². The van der Waals surface area contributed by atoms with Gasteiger partial charge in [0.05, 0.1) is 6.04 Å². The molecule has 0 aliphatic carbocycles. The van der Waals surface area contributed by atoms with Crippen molar-refractivity contribution < 1.29 is 9.32 Å². The first-order valence-corrected chi connectivity index (χ1v) is 7.82. The number of amides is 1. The summed E-state index contributed by atoms with van der Waals surface area (Å²) in [5.74, 6) is 0.395. The van der Waals surface area contributed by atoms with Crippen molar-refractivity contribution in [1.29, 1.82) is 0 Å². The summed E-state index contributed by atoms with van der Waals surface area (Å²) in [7, 11) is 0. The van der Waals surface area contributed by atoms with Gasteiger partial charge in [0, 0.05) is 12.6 Å². The number of carbonyl (C=O) groups excluding carboxylic acids is 1. The first kappa shape index (κ1) is 14.5. The van der Waals surface area contributed by atoms with Crippen LogP contribution in [0.25, 0.3) is 0 Å². The number of likely N-dealkylation sites (tertiary alicyclic amines) is 1. The second kappa shape index (κ2) is 6.53. The van der Waals surface area contributed by atoms with Crippen LogP contribution in [0.1, 0.15) is 55.2 Å². The summed E-state index contributed by atoms with van der Waals surface area (Å²) < 4.78 is 5.19. The Balaban J connectivity index is 1.52. The van der Waals surface area contributed by atoms with E-state index in [2.05, 4.69) is 25.7 Å². The maximum absolute atomic E-state index is 12.1. The van der Waals surface area contributed by atoms with Crippen molar-refractivity contribution in [2.75, 3.05) is 26.2 Å². The molecule has 1 aromatic heterocycles. The average Bonchev–Trinajstić information content (AvgIpc) is 3.20. The van der Waals surface area contributed by atoms with Gasteiger partial charge in [0.25, 0.3) is 11.7 Å². The third kappa shape index (κ3) is 3.59. The maximum Gasteiger partial charge on any atom is 0.292 e. The van der Waals surface area contributed by atoms with Gasteiger partial charge in [0.2, 0.25) is 5.89 Å². The van der Waals surface area contributed by atoms with Crippen LogP contribution in [0, 0.1) is 0 Å². The molecule has 116 valence electrons. The van der Waals surface area contributed by atoms with Gasteiger partial charge in [-0.15, -0.1) is 0 Å². The summed E-state index contributed by atoms with van der Waals surface area (Å²) in [5.41, 5.74) is 0. The Labute approximate surface area is 124 Å². The van der Waals surface area contributed by atoms with Crippen LogP contribution in [0.2, 0.25) is 0 Å². The number of nitrogens with one attached hydrogen (secondary N) is 2. The summed E-state index contributed by atoms with van der Waals surface area (Å²) >= 11 is 0. The summed E-state index contributed by atoms with van der Waals surface area (Å²) in [6.45, 7) is 6.09. The van der Waals surface area contributed by atoms with E-state index in [1.807, 2.05) is 6.92 Å². The van der Waals surface area contributed by atoms with Gasteiger partial charge >= 0.3 is 0 Å². The number of aromatic nitrogens is 2. The lowest BCUT2D eigenvalue weighted by Crippen LogP contribution is -2.41. The molecule has 3 heterocycles. The van der Waals surface area contributed by atoms with Crippen molar-refractivity contribution >= 4 is 5.91 Å². The zero-order valence-corrected chi connectivity index (χ0v) is 12.5. The number of rotatable bonds is 5. The minimum absolute atomic E-state index is 0.0853. The van der Waals surface area contributed by atoms with Crippen molar-refractivity contribution in [2.45, 2.75) is 44.7 Å². The molecule has 2 aliphatic rings. The molecular weight excluding hydrogens is 270 g/mol. The van der Waals surface area contributed by atoms with Gasteiger partial charge in [-0.2, -0.15) is 4.98 Å². The van der Waals surface area contributed by atoms with E-state index in [0.717, 1.165) is 39.0 Å². The zero-order chi connectivity index (χ0) is 14.7. The van der Waals surface area contributed by atoms with Crippen LogP contribution in [-0.2, 0) is 0 Å². The third-order valence-electron chi connectivity index (χ3n) is 4.11. The van der Waals surface area contributed by atoms with Crippen molar-refractivity contribution in [1.82, 2.24) is 25.7 Å². The highest BCUT2D eigenvalue weighted by molar-refractivity contribution is 5.90. The van der Waals surface area contributed by atoms with Crippen LogP contribution < -0.4 is 10.6 Å². The Hall–Kier alpha value is -1.47. The lowest BCUT2D eigenvalue weighted by molar-refractivity contribution is 0.0918. The van der Waals surface area contributed by atoms with Crippen molar-refractivity contribution in [2.24, 2.45) is 0 Å². The monoisotopic (exact) mass is 293 g/mol. The molecule has 7 nitrogen and oxygen atoms in total. The number of nitrogens with zero attached hydrogens (tertiary/aromatic N) is 3. The standard InChI is InChI=1S/C14H23N5O2/c1-10(9-19-7-2-3-8-19)16-13(20)12-17-14(21-18-12)11-5-4-6-15-11/h10-11,15H,2-9H2,1H3,(H,16,20). The third-order valence-corrected chi connectivity index (χ3v) is 4.11. The van der Waals surface area contributed by atoms with E-state index in [1.54, 1.807) is 0 Å². The molecule has 1 aromatic rings. The second-order valence-electron chi connectivity index (χ2n) is 5.99. The zero-order valence-electron chi connectivity index (χ0n) is 12.5. The van der Waals surface area contributed by atoms with E-state index in [1.165, 1.54) is 12.8 Å². The highest BCUT2D eigenvalue weighted by Gasteiger charge is 2.25. The molecule has 2 atom stereocenters. The maximum atomic E-state index is 12.1. The lowest BCUT2D eigenvalue weighted by atomic mass is 10.2. The van der Waals surface area contributed by atoms with Gasteiger partial charge in [0.15, 0.2) is 0 Å². The van der Waals surface area contributed by atoms with Crippen LogP contribution in [0.3, 0.4) is 0 Å². The quantitative estimate of drug-likeness (QED) is 0.832. The molecule has 2 unspecified atom stereocenters. The Bertz CT molecular complexity index is 477. The predicted molar refractivity (Wildman–Crippen MR) is 76.9 cm³/mol. The molecule has 2 aliphatic heterocycles. The fraction of sp³-hybridized carbons (Fsp3) is 0.786. The number of hydrogen-bond donors (Lipinski definition) is 2. The van der Waals surface area contributed by atoms with Crippen molar-refractivity contribution in [3.05, 3.63) is 11.7 Å². The van der Waals surface area contributed by atoms with Crippen molar-refractivity contribution in [3.8, 4) is 0 Å². The average molecular weight is 293 g/mol. The van der Waals surface area contributed by atoms with Gasteiger partial charge in [-0.3, -0.25) is 4.79 Å². The molecule has 2 fully saturated rings. The van der Waals surface area contributed by atoms with Gasteiger partial charge in [-0.05, 0) is 52.2 Å². The van der Waals surface area contributed by atoms with E-state index in [4.69, 9.17) is 4.52 Å². The first-order chi connectivity index (χ1) is 10.2. The Morgan fingerprint density at radius 2 is 2.29 bits per heavy atom. The minimum Gasteiger partial charge on any atom is -0.345 e. The number of carbonyl (C=O) groups is 1. The largest absolute Gasteiger partial charge is 0.345 e. The first-order valence-electron chi connectivity index (χ1n) is 7.82. The smallest absolute Gasteiger partial charge is 0.292 e. The molecule has 0 bridgehead atoms. The fourth-order valence-electron chi connectivity index (χ4n) is 3.05. The van der Waals surface area contributed by atoms with E-state index >= 15 is 0 Å². The van der Waals surface area contributed by atoms with E-state index in [9.17, 15) is 4.79 Å². The van der Waals surface area contributed by atoms with E-state index in [-0.39, 0.29) is 23.8 Å². The minimum atomic E-state index is -0.255. The second-order valence-corrected chi connectivity index (χ2v) is 5.99. The molecule has 0 aromatic carbocycles. The highest BCUT2D eigenvalue weighted by Crippen LogP contribution is 2.21. The molecule has 2 N–H and O–H groups in total. The van der Waals surface area contributed by atoms with E-state index < -0.39 is 0 Å².